The summed E-state index contributed by atoms with van der Waals surface area (Å²) in [6.45, 7) is 0.363. The van der Waals surface area contributed by atoms with Gasteiger partial charge in [-0.3, -0.25) is 4.57 Å². The van der Waals surface area contributed by atoms with Gasteiger partial charge < -0.3 is 30.4 Å². The lowest BCUT2D eigenvalue weighted by atomic mass is 10.1. The molecule has 0 amide bonds. The van der Waals surface area contributed by atoms with Crippen LogP contribution in [0.1, 0.15) is 11.8 Å². The van der Waals surface area contributed by atoms with E-state index in [1.165, 1.54) is 29.1 Å². The van der Waals surface area contributed by atoms with Crippen LogP contribution in [0.4, 0.5) is 5.82 Å². The van der Waals surface area contributed by atoms with Crippen LogP contribution in [0.15, 0.2) is 61.8 Å². The van der Waals surface area contributed by atoms with E-state index >= 15 is 0 Å². The molecular weight excluding hydrogens is 454 g/mol. The van der Waals surface area contributed by atoms with Gasteiger partial charge in [0.25, 0.3) is 0 Å². The Morgan fingerprint density at radius 2 is 1.86 bits per heavy atom. The molecule has 1 aliphatic heterocycles. The number of rotatable bonds is 5. The number of hydrogen-bond acceptors (Lipinski definition) is 11. The van der Waals surface area contributed by atoms with Crippen molar-refractivity contribution in [2.45, 2.75) is 31.1 Å². The van der Waals surface area contributed by atoms with E-state index in [0.717, 1.165) is 17.9 Å². The maximum atomic E-state index is 9.91. The number of fused-ring (bicyclic) bond motifs is 2. The Bertz CT molecular complexity index is 1390. The van der Waals surface area contributed by atoms with E-state index in [4.69, 9.17) is 9.84 Å². The predicted octanol–water partition coefficient (Wildman–Crippen LogP) is 0.403. The molecule has 1 aliphatic rings. The molecule has 4 aromatic heterocycles. The number of hydrogen-bond donors (Lipinski definition) is 5. The Morgan fingerprint density at radius 1 is 1.00 bits per heavy atom. The summed E-state index contributed by atoms with van der Waals surface area (Å²) >= 11 is 0. The van der Waals surface area contributed by atoms with Crippen molar-refractivity contribution < 1.29 is 20.1 Å². The SMILES string of the molecule is OC[C@H]1O[C@@H](n2cnc3cncnc32)[C@@H](O)[C@@H]1O.c1ccc(CNc2ncnc3nc[nH]c23)cc1. The normalized spacial score (nSPS) is 21.7. The average molecular weight is 477 g/mol. The van der Waals surface area contributed by atoms with Crippen molar-refractivity contribution in [1.29, 1.82) is 0 Å². The van der Waals surface area contributed by atoms with Gasteiger partial charge in [0.1, 0.15) is 42.0 Å². The third-order valence-electron chi connectivity index (χ3n) is 5.56. The number of aliphatic hydroxyl groups excluding tert-OH is 3. The molecule has 13 heteroatoms. The van der Waals surface area contributed by atoms with Crippen LogP contribution < -0.4 is 5.32 Å². The lowest BCUT2D eigenvalue weighted by Gasteiger charge is -2.16. The highest BCUT2D eigenvalue weighted by atomic mass is 16.6. The zero-order valence-electron chi connectivity index (χ0n) is 18.4. The van der Waals surface area contributed by atoms with Gasteiger partial charge in [0.05, 0.1) is 25.5 Å². The first-order chi connectivity index (χ1) is 17.2. The molecule has 0 radical (unpaired) electrons. The van der Waals surface area contributed by atoms with E-state index in [2.05, 4.69) is 52.3 Å². The number of imidazole rings is 2. The van der Waals surface area contributed by atoms with Crippen LogP contribution in [0.5, 0.6) is 0 Å². The molecule has 1 fully saturated rings. The predicted molar refractivity (Wildman–Crippen MR) is 124 cm³/mol. The first-order valence-electron chi connectivity index (χ1n) is 10.8. The molecule has 4 atom stereocenters. The van der Waals surface area contributed by atoms with Gasteiger partial charge in [0.15, 0.2) is 23.3 Å². The highest BCUT2D eigenvalue weighted by Gasteiger charge is 2.43. The minimum absolute atomic E-state index is 0.365. The zero-order chi connectivity index (χ0) is 24.2. The van der Waals surface area contributed by atoms with Crippen molar-refractivity contribution in [2.75, 3.05) is 11.9 Å². The molecule has 35 heavy (non-hydrogen) atoms. The van der Waals surface area contributed by atoms with Crippen LogP contribution in [0, 0.1) is 0 Å². The number of aliphatic hydroxyl groups is 3. The van der Waals surface area contributed by atoms with Gasteiger partial charge in [-0.25, -0.2) is 29.9 Å². The Kier molecular flexibility index (Phi) is 6.54. The van der Waals surface area contributed by atoms with E-state index in [0.29, 0.717) is 16.8 Å². The van der Waals surface area contributed by atoms with E-state index in [1.54, 1.807) is 12.5 Å². The van der Waals surface area contributed by atoms with Crippen LogP contribution in [0.3, 0.4) is 0 Å². The molecule has 0 aliphatic carbocycles. The topological polar surface area (TPSA) is 180 Å². The number of aromatic nitrogens is 8. The minimum atomic E-state index is -1.14. The molecule has 5 aromatic rings. The maximum absolute atomic E-state index is 9.91. The van der Waals surface area contributed by atoms with Gasteiger partial charge in [-0.2, -0.15) is 0 Å². The summed E-state index contributed by atoms with van der Waals surface area (Å²) in [6.07, 6.45) is 3.57. The van der Waals surface area contributed by atoms with Crippen LogP contribution in [-0.2, 0) is 11.3 Å². The van der Waals surface area contributed by atoms with Crippen molar-refractivity contribution in [3.05, 3.63) is 67.4 Å². The Morgan fingerprint density at radius 3 is 2.66 bits per heavy atom. The molecule has 5 heterocycles. The second-order valence-corrected chi connectivity index (χ2v) is 7.77. The van der Waals surface area contributed by atoms with E-state index < -0.39 is 24.5 Å². The van der Waals surface area contributed by atoms with Crippen LogP contribution in [0.2, 0.25) is 0 Å². The molecule has 0 unspecified atom stereocenters. The molecule has 0 saturated carbocycles. The molecule has 1 saturated heterocycles. The molecule has 13 nitrogen and oxygen atoms in total. The average Bonchev–Trinajstić information content (AvgIpc) is 3.62. The number of H-pyrrole nitrogens is 1. The van der Waals surface area contributed by atoms with Crippen LogP contribution in [-0.4, -0.2) is 79.7 Å². The lowest BCUT2D eigenvalue weighted by molar-refractivity contribution is -0.0511. The number of nitrogens with zero attached hydrogens (tertiary/aromatic N) is 7. The summed E-state index contributed by atoms with van der Waals surface area (Å²) in [5, 5.41) is 31.9. The Balaban J connectivity index is 0.000000145. The summed E-state index contributed by atoms with van der Waals surface area (Å²) in [5.74, 6) is 0.774. The van der Waals surface area contributed by atoms with Crippen LogP contribution >= 0.6 is 0 Å². The summed E-state index contributed by atoms with van der Waals surface area (Å²) in [5.41, 5.74) is 3.79. The standard InChI is InChI=1S/C12H11N5.C10H12N4O4/c1-2-4-9(5-3-1)6-13-11-10-12(15-7-14-10)17-8-16-11;15-2-6-7(16)8(17)10(18-6)14-4-13-5-1-11-3-12-9(5)14/h1-5,7-8H,6H2,(H2,13,14,15,16,17);1,3-4,6-8,10,15-17H,2H2/t;6-,7-,8+,10-/m.1/s1. The summed E-state index contributed by atoms with van der Waals surface area (Å²) in [7, 11) is 0. The quantitative estimate of drug-likeness (QED) is 0.236. The Hall–Kier alpha value is -4.04. The maximum Gasteiger partial charge on any atom is 0.182 e. The van der Waals surface area contributed by atoms with Crippen molar-refractivity contribution >= 4 is 28.1 Å². The largest absolute Gasteiger partial charge is 0.394 e. The van der Waals surface area contributed by atoms with Gasteiger partial charge >= 0.3 is 0 Å². The molecule has 0 spiro atoms. The number of ether oxygens (including phenoxy) is 1. The van der Waals surface area contributed by atoms with Crippen molar-refractivity contribution in [2.24, 2.45) is 0 Å². The third-order valence-corrected chi connectivity index (χ3v) is 5.56. The summed E-state index contributed by atoms with van der Waals surface area (Å²) < 4.78 is 6.91. The number of aromatic amines is 1. The highest BCUT2D eigenvalue weighted by Crippen LogP contribution is 2.30. The number of benzene rings is 1. The summed E-state index contributed by atoms with van der Waals surface area (Å²) in [6, 6.07) is 10.2. The second kappa shape index (κ2) is 10.1. The van der Waals surface area contributed by atoms with Gasteiger partial charge in [-0.1, -0.05) is 30.3 Å². The Labute approximate surface area is 198 Å². The lowest BCUT2D eigenvalue weighted by Crippen LogP contribution is -2.33. The van der Waals surface area contributed by atoms with Crippen LogP contribution in [0.25, 0.3) is 22.3 Å². The monoisotopic (exact) mass is 477 g/mol. The van der Waals surface area contributed by atoms with Gasteiger partial charge in [-0.15, -0.1) is 0 Å². The molecule has 180 valence electrons. The molecule has 5 N–H and O–H groups in total. The van der Waals surface area contributed by atoms with E-state index in [9.17, 15) is 10.2 Å². The van der Waals surface area contributed by atoms with Crippen molar-refractivity contribution in [3.8, 4) is 0 Å². The molecule has 0 bridgehead atoms. The molecular formula is C22H23N9O4. The smallest absolute Gasteiger partial charge is 0.182 e. The van der Waals surface area contributed by atoms with E-state index in [-0.39, 0.29) is 6.61 Å². The third kappa shape index (κ3) is 4.65. The number of anilines is 1. The molecule has 1 aromatic carbocycles. The minimum Gasteiger partial charge on any atom is -0.394 e. The first-order valence-corrected chi connectivity index (χ1v) is 10.8. The second-order valence-electron chi connectivity index (χ2n) is 7.77. The number of nitrogens with one attached hydrogen (secondary N) is 2. The van der Waals surface area contributed by atoms with Crippen molar-refractivity contribution in [1.82, 2.24) is 39.5 Å². The van der Waals surface area contributed by atoms with Gasteiger partial charge in [0.2, 0.25) is 0 Å². The van der Waals surface area contributed by atoms with Gasteiger partial charge in [0, 0.05) is 6.54 Å². The summed E-state index contributed by atoms with van der Waals surface area (Å²) in [4.78, 5) is 27.3. The van der Waals surface area contributed by atoms with E-state index in [1.807, 2.05) is 18.2 Å². The fourth-order valence-electron chi connectivity index (χ4n) is 3.76. The highest BCUT2D eigenvalue weighted by molar-refractivity contribution is 5.81. The van der Waals surface area contributed by atoms with Gasteiger partial charge in [-0.05, 0) is 5.56 Å². The molecule has 6 rings (SSSR count). The fourth-order valence-corrected chi connectivity index (χ4v) is 3.76. The first kappa shape index (κ1) is 22.7. The van der Waals surface area contributed by atoms with Crippen molar-refractivity contribution in [3.63, 3.8) is 0 Å². The fraction of sp³-hybridized carbons (Fsp3) is 0.273. The zero-order valence-corrected chi connectivity index (χ0v) is 18.4.